The highest BCUT2D eigenvalue weighted by Gasteiger charge is 2.51. The van der Waals surface area contributed by atoms with Crippen molar-refractivity contribution in [1.29, 1.82) is 0 Å². The second-order valence-corrected chi connectivity index (χ2v) is 13.0. The zero-order chi connectivity index (χ0) is 28.4. The van der Waals surface area contributed by atoms with Gasteiger partial charge in [-0.1, -0.05) is 52.3 Å². The van der Waals surface area contributed by atoms with E-state index in [0.717, 1.165) is 75.5 Å². The number of halogens is 1. The van der Waals surface area contributed by atoms with E-state index in [1.54, 1.807) is 0 Å². The molecule has 0 aromatic heterocycles. The van der Waals surface area contributed by atoms with Gasteiger partial charge in [0.2, 0.25) is 0 Å². The topological polar surface area (TPSA) is 43.4 Å². The number of ether oxygens (including phenoxy) is 2. The first-order valence-electron chi connectivity index (χ1n) is 15.0. The lowest BCUT2D eigenvalue weighted by molar-refractivity contribution is 0.00578. The molecule has 8 heteroatoms. The molecule has 5 rings (SSSR count). The number of rotatable bonds is 9. The van der Waals surface area contributed by atoms with Crippen LogP contribution >= 0.6 is 15.9 Å². The van der Waals surface area contributed by atoms with E-state index < -0.39 is 0 Å². The van der Waals surface area contributed by atoms with Crippen LogP contribution in [0.1, 0.15) is 51.7 Å². The van der Waals surface area contributed by atoms with Crippen LogP contribution in [-0.4, -0.2) is 93.8 Å². The number of nitrogens with zero attached hydrogens (tertiary/aromatic N) is 2. The number of morpholine rings is 2. The summed E-state index contributed by atoms with van der Waals surface area (Å²) in [7, 11) is -0.266. The van der Waals surface area contributed by atoms with E-state index in [2.05, 4.69) is 102 Å². The third-order valence-electron chi connectivity index (χ3n) is 8.51. The summed E-state index contributed by atoms with van der Waals surface area (Å²) in [6.07, 6.45) is 4.71. The van der Waals surface area contributed by atoms with E-state index in [-0.39, 0.29) is 18.3 Å². The maximum Gasteiger partial charge on any atom is 0.494 e. The number of benzene rings is 2. The highest BCUT2D eigenvalue weighted by molar-refractivity contribution is 9.10. The average molecular weight is 615 g/mol. The Bertz CT molecular complexity index is 991. The lowest BCUT2D eigenvalue weighted by atomic mass is 9.78. The monoisotopic (exact) mass is 614 g/mol. The predicted molar refractivity (Wildman–Crippen MR) is 167 cm³/mol. The minimum absolute atomic E-state index is 0.266. The molecule has 0 amide bonds. The van der Waals surface area contributed by atoms with Crippen LogP contribution in [0.25, 0.3) is 0 Å². The van der Waals surface area contributed by atoms with E-state index in [1.807, 2.05) is 0 Å². The minimum atomic E-state index is -0.283. The third-order valence-corrected chi connectivity index (χ3v) is 9.03. The zero-order valence-corrected chi connectivity index (χ0v) is 26.6. The molecular formula is C32H48BBrN2O4. The molecule has 0 atom stereocenters. The molecule has 220 valence electrons. The molecule has 6 nitrogen and oxygen atoms in total. The summed E-state index contributed by atoms with van der Waals surface area (Å²) < 4.78 is 24.1. The highest BCUT2D eigenvalue weighted by Crippen LogP contribution is 2.36. The smallest absolute Gasteiger partial charge is 0.399 e. The summed E-state index contributed by atoms with van der Waals surface area (Å²) in [4.78, 5) is 4.98. The Kier molecular flexibility index (Phi) is 12.1. The van der Waals surface area contributed by atoms with Gasteiger partial charge < -0.3 is 18.8 Å². The molecule has 2 aromatic rings. The highest BCUT2D eigenvalue weighted by atomic mass is 79.9. The number of hydrogen-bond donors (Lipinski definition) is 0. The molecule has 0 unspecified atom stereocenters. The van der Waals surface area contributed by atoms with E-state index in [0.29, 0.717) is 0 Å². The summed E-state index contributed by atoms with van der Waals surface area (Å²) in [5.74, 6) is 0. The van der Waals surface area contributed by atoms with Crippen molar-refractivity contribution >= 4 is 28.5 Å². The lowest BCUT2D eigenvalue weighted by Gasteiger charge is -2.32. The van der Waals surface area contributed by atoms with Gasteiger partial charge >= 0.3 is 7.12 Å². The Hall–Kier alpha value is -1.26. The van der Waals surface area contributed by atoms with Crippen molar-refractivity contribution in [2.75, 3.05) is 65.7 Å². The summed E-state index contributed by atoms with van der Waals surface area (Å²) >= 11 is 3.45. The fourth-order valence-corrected chi connectivity index (χ4v) is 5.40. The lowest BCUT2D eigenvalue weighted by Crippen LogP contribution is -2.41. The quantitative estimate of drug-likeness (QED) is 0.372. The van der Waals surface area contributed by atoms with Crippen molar-refractivity contribution in [1.82, 2.24) is 9.80 Å². The first-order chi connectivity index (χ1) is 19.2. The van der Waals surface area contributed by atoms with Gasteiger partial charge in [-0.15, -0.1) is 0 Å². The van der Waals surface area contributed by atoms with Crippen molar-refractivity contribution in [2.45, 2.75) is 64.6 Å². The van der Waals surface area contributed by atoms with Crippen molar-refractivity contribution in [3.05, 3.63) is 64.1 Å². The van der Waals surface area contributed by atoms with Crippen molar-refractivity contribution in [2.24, 2.45) is 0 Å². The largest absolute Gasteiger partial charge is 0.494 e. The minimum Gasteiger partial charge on any atom is -0.399 e. The summed E-state index contributed by atoms with van der Waals surface area (Å²) in [6, 6.07) is 17.3. The Morgan fingerprint density at radius 3 is 1.48 bits per heavy atom. The summed E-state index contributed by atoms with van der Waals surface area (Å²) in [5.41, 5.74) is 3.34. The van der Waals surface area contributed by atoms with Crippen LogP contribution in [0.5, 0.6) is 0 Å². The van der Waals surface area contributed by atoms with Gasteiger partial charge in [-0.05, 0) is 95.2 Å². The molecule has 0 N–H and O–H groups in total. The summed E-state index contributed by atoms with van der Waals surface area (Å²) in [6.45, 7) is 18.6. The van der Waals surface area contributed by atoms with E-state index in [1.165, 1.54) is 36.9 Å². The van der Waals surface area contributed by atoms with E-state index in [9.17, 15) is 0 Å². The van der Waals surface area contributed by atoms with E-state index >= 15 is 0 Å². The van der Waals surface area contributed by atoms with Crippen LogP contribution in [0.15, 0.2) is 53.0 Å². The second-order valence-electron chi connectivity index (χ2n) is 12.1. The van der Waals surface area contributed by atoms with Crippen molar-refractivity contribution < 1.29 is 18.8 Å². The molecule has 0 radical (unpaired) electrons. The van der Waals surface area contributed by atoms with Crippen molar-refractivity contribution in [3.63, 3.8) is 0 Å². The normalized spacial score (nSPS) is 21.2. The average Bonchev–Trinajstić information content (AvgIpc) is 3.18. The van der Waals surface area contributed by atoms with Gasteiger partial charge in [0.15, 0.2) is 0 Å². The first kappa shape index (κ1) is 31.7. The van der Waals surface area contributed by atoms with Crippen molar-refractivity contribution in [3.8, 4) is 0 Å². The molecule has 3 saturated heterocycles. The maximum atomic E-state index is 6.11. The molecule has 40 heavy (non-hydrogen) atoms. The van der Waals surface area contributed by atoms with E-state index in [4.69, 9.17) is 18.8 Å². The Morgan fingerprint density at radius 1 is 0.650 bits per heavy atom. The van der Waals surface area contributed by atoms with Gasteiger partial charge in [-0.2, -0.15) is 0 Å². The number of hydrogen-bond acceptors (Lipinski definition) is 6. The van der Waals surface area contributed by atoms with Crippen LogP contribution in [0.3, 0.4) is 0 Å². The van der Waals surface area contributed by atoms with Gasteiger partial charge in [0, 0.05) is 30.7 Å². The number of aryl methyl sites for hydroxylation is 2. The van der Waals surface area contributed by atoms with Gasteiger partial charge in [0.25, 0.3) is 0 Å². The van der Waals surface area contributed by atoms with Crippen LogP contribution in [0.4, 0.5) is 0 Å². The Labute approximate surface area is 251 Å². The summed E-state index contributed by atoms with van der Waals surface area (Å²) in [5, 5.41) is 0. The molecule has 2 aromatic carbocycles. The zero-order valence-electron chi connectivity index (χ0n) is 25.0. The van der Waals surface area contributed by atoms with Crippen LogP contribution in [0.2, 0.25) is 0 Å². The van der Waals surface area contributed by atoms with Crippen LogP contribution in [0, 0.1) is 0 Å². The molecule has 0 spiro atoms. The van der Waals surface area contributed by atoms with Gasteiger partial charge in [0.1, 0.15) is 0 Å². The fraction of sp³-hybridized carbons (Fsp3) is 0.625. The molecule has 0 aliphatic carbocycles. The Morgan fingerprint density at radius 2 is 1.05 bits per heavy atom. The standard InChI is InChI=1S/C19H30BNO3.C13H18BrNO/c1-18(2)19(3,4)24-20(23-18)17-9-7-16(8-10-17)6-5-11-21-12-14-22-15-13-21;14-13-5-3-12(4-6-13)2-1-7-15-8-10-16-11-9-15/h7-10H,5-6,11-15H2,1-4H3;3-6H,1-2,7-11H2. The SMILES string of the molecule is Brc1ccc(CCCN2CCOCC2)cc1.CC1(C)OB(c2ccc(CCCN3CCOCC3)cc2)OC1(C)C. The second kappa shape index (κ2) is 15.3. The van der Waals surface area contributed by atoms with Crippen LogP contribution < -0.4 is 5.46 Å². The predicted octanol–water partition coefficient (Wildman–Crippen LogP) is 4.96. The van der Waals surface area contributed by atoms with Crippen LogP contribution in [-0.2, 0) is 31.6 Å². The van der Waals surface area contributed by atoms with Gasteiger partial charge in [-0.25, -0.2) is 0 Å². The molecule has 0 saturated carbocycles. The van der Waals surface area contributed by atoms with Gasteiger partial charge in [-0.3, -0.25) is 9.80 Å². The molecule has 3 fully saturated rings. The molecule has 3 aliphatic heterocycles. The molecule has 3 aliphatic rings. The first-order valence-corrected chi connectivity index (χ1v) is 15.8. The Balaban J connectivity index is 0.000000201. The third kappa shape index (κ3) is 9.65. The fourth-order valence-electron chi connectivity index (χ4n) is 5.13. The maximum absolute atomic E-state index is 6.11. The molecule has 3 heterocycles. The molecule has 0 bridgehead atoms. The molecular weight excluding hydrogens is 567 g/mol. The van der Waals surface area contributed by atoms with Gasteiger partial charge in [0.05, 0.1) is 37.6 Å².